The number of imidazole rings is 1. The highest BCUT2D eigenvalue weighted by molar-refractivity contribution is 6.29. The molecule has 1 heterocycles. The number of rotatable bonds is 5. The molecule has 16 heavy (non-hydrogen) atoms. The van der Waals surface area contributed by atoms with E-state index in [1.165, 1.54) is 25.7 Å². The van der Waals surface area contributed by atoms with Crippen molar-refractivity contribution in [3.05, 3.63) is 17.2 Å². The van der Waals surface area contributed by atoms with Crippen LogP contribution >= 0.6 is 11.6 Å². The van der Waals surface area contributed by atoms with Gasteiger partial charge >= 0.3 is 0 Å². The van der Waals surface area contributed by atoms with Gasteiger partial charge in [0.05, 0.1) is 12.7 Å². The summed E-state index contributed by atoms with van der Waals surface area (Å²) in [5, 5.41) is 4.25. The summed E-state index contributed by atoms with van der Waals surface area (Å²) in [5.74, 6) is 2.04. The molecule has 3 rings (SSSR count). The molecule has 2 fully saturated rings. The van der Waals surface area contributed by atoms with Crippen LogP contribution in [0.4, 0.5) is 0 Å². The molecule has 1 aromatic rings. The molecule has 0 atom stereocenters. The van der Waals surface area contributed by atoms with Crippen LogP contribution in [-0.2, 0) is 13.6 Å². The Morgan fingerprint density at radius 3 is 2.81 bits per heavy atom. The SMILES string of the molecule is Cn1c(Cl)cnc1CNCC1(C2CC2)CC1. The Labute approximate surface area is 101 Å². The van der Waals surface area contributed by atoms with Gasteiger partial charge in [-0.25, -0.2) is 4.98 Å². The Kier molecular flexibility index (Phi) is 2.48. The van der Waals surface area contributed by atoms with Crippen molar-refractivity contribution in [2.45, 2.75) is 32.2 Å². The van der Waals surface area contributed by atoms with Crippen molar-refractivity contribution in [1.29, 1.82) is 0 Å². The molecule has 1 aromatic heterocycles. The third-order valence-electron chi connectivity index (χ3n) is 4.12. The molecule has 0 spiro atoms. The maximum absolute atomic E-state index is 5.94. The Bertz CT molecular complexity index is 391. The fourth-order valence-corrected chi connectivity index (χ4v) is 2.74. The molecule has 2 aliphatic rings. The number of nitrogens with zero attached hydrogens (tertiary/aromatic N) is 2. The van der Waals surface area contributed by atoms with Crippen LogP contribution in [0, 0.1) is 11.3 Å². The van der Waals surface area contributed by atoms with Crippen molar-refractivity contribution >= 4 is 11.6 Å². The monoisotopic (exact) mass is 239 g/mol. The molecule has 0 bridgehead atoms. The number of hydrogen-bond acceptors (Lipinski definition) is 2. The summed E-state index contributed by atoms with van der Waals surface area (Å²) in [6, 6.07) is 0. The van der Waals surface area contributed by atoms with Crippen molar-refractivity contribution in [3.8, 4) is 0 Å². The summed E-state index contributed by atoms with van der Waals surface area (Å²) in [6.45, 7) is 1.99. The van der Waals surface area contributed by atoms with E-state index in [-0.39, 0.29) is 0 Å². The van der Waals surface area contributed by atoms with Gasteiger partial charge in [0, 0.05) is 13.6 Å². The lowest BCUT2D eigenvalue weighted by Gasteiger charge is -2.14. The molecule has 1 N–H and O–H groups in total. The highest BCUT2D eigenvalue weighted by Gasteiger charge is 2.53. The second-order valence-corrected chi connectivity index (χ2v) is 5.68. The molecule has 2 saturated carbocycles. The van der Waals surface area contributed by atoms with Gasteiger partial charge in [0.2, 0.25) is 0 Å². The Morgan fingerprint density at radius 2 is 2.31 bits per heavy atom. The third-order valence-corrected chi connectivity index (χ3v) is 4.47. The quantitative estimate of drug-likeness (QED) is 0.855. The standard InChI is InChI=1S/C12H18ClN3/c1-16-10(13)6-15-11(16)7-14-8-12(4-5-12)9-2-3-9/h6,9,14H,2-5,7-8H2,1H3. The van der Waals surface area contributed by atoms with Crippen molar-refractivity contribution in [3.63, 3.8) is 0 Å². The highest BCUT2D eigenvalue weighted by atomic mass is 35.5. The number of hydrogen-bond donors (Lipinski definition) is 1. The van der Waals surface area contributed by atoms with Crippen LogP contribution in [0.3, 0.4) is 0 Å². The zero-order valence-corrected chi connectivity index (χ0v) is 10.4. The van der Waals surface area contributed by atoms with Crippen LogP contribution in [-0.4, -0.2) is 16.1 Å². The lowest BCUT2D eigenvalue weighted by atomic mass is 10.0. The second-order valence-electron chi connectivity index (χ2n) is 5.30. The van der Waals surface area contributed by atoms with E-state index < -0.39 is 0 Å². The molecule has 0 unspecified atom stereocenters. The number of nitrogens with one attached hydrogen (secondary N) is 1. The van der Waals surface area contributed by atoms with E-state index >= 15 is 0 Å². The molecule has 4 heteroatoms. The first-order valence-electron chi connectivity index (χ1n) is 6.08. The van der Waals surface area contributed by atoms with Crippen LogP contribution in [0.2, 0.25) is 5.15 Å². The minimum absolute atomic E-state index is 0.662. The zero-order valence-electron chi connectivity index (χ0n) is 9.67. The zero-order chi connectivity index (χ0) is 11.2. The Morgan fingerprint density at radius 1 is 1.56 bits per heavy atom. The Balaban J connectivity index is 1.51. The fourth-order valence-electron chi connectivity index (χ4n) is 2.60. The van der Waals surface area contributed by atoms with Crippen LogP contribution < -0.4 is 5.32 Å². The van der Waals surface area contributed by atoms with Gasteiger partial charge in [0.1, 0.15) is 11.0 Å². The molecule has 0 amide bonds. The van der Waals surface area contributed by atoms with E-state index in [9.17, 15) is 0 Å². The van der Waals surface area contributed by atoms with E-state index in [4.69, 9.17) is 11.6 Å². The topological polar surface area (TPSA) is 29.9 Å². The van der Waals surface area contributed by atoms with Gasteiger partial charge in [-0.2, -0.15) is 0 Å². The minimum Gasteiger partial charge on any atom is -0.321 e. The number of halogens is 1. The lowest BCUT2D eigenvalue weighted by Crippen LogP contribution is -2.26. The average Bonchev–Trinajstić information content (AvgIpc) is 3.14. The summed E-state index contributed by atoms with van der Waals surface area (Å²) < 4.78 is 1.94. The average molecular weight is 240 g/mol. The van der Waals surface area contributed by atoms with Gasteiger partial charge in [-0.1, -0.05) is 11.6 Å². The summed E-state index contributed by atoms with van der Waals surface area (Å²) in [6.07, 6.45) is 7.47. The van der Waals surface area contributed by atoms with Crippen LogP contribution in [0.1, 0.15) is 31.5 Å². The first kappa shape index (κ1) is 10.6. The largest absolute Gasteiger partial charge is 0.321 e. The van der Waals surface area contributed by atoms with E-state index in [1.54, 1.807) is 6.20 Å². The lowest BCUT2D eigenvalue weighted by molar-refractivity contribution is 0.399. The second kappa shape index (κ2) is 3.74. The Hall–Kier alpha value is -0.540. The van der Waals surface area contributed by atoms with E-state index in [2.05, 4.69) is 10.3 Å². The first-order valence-corrected chi connectivity index (χ1v) is 6.46. The van der Waals surface area contributed by atoms with Crippen molar-refractivity contribution in [2.75, 3.05) is 6.54 Å². The molecule has 88 valence electrons. The minimum atomic E-state index is 0.662. The van der Waals surface area contributed by atoms with E-state index in [0.717, 1.165) is 24.8 Å². The van der Waals surface area contributed by atoms with Crippen molar-refractivity contribution < 1.29 is 0 Å². The van der Waals surface area contributed by atoms with Crippen molar-refractivity contribution in [1.82, 2.24) is 14.9 Å². The van der Waals surface area contributed by atoms with Gasteiger partial charge in [-0.05, 0) is 37.0 Å². The third kappa shape index (κ3) is 1.87. The van der Waals surface area contributed by atoms with Gasteiger partial charge in [0.15, 0.2) is 0 Å². The molecule has 2 aliphatic carbocycles. The predicted octanol–water partition coefficient (Wildman–Crippen LogP) is 2.35. The molecule has 0 aliphatic heterocycles. The van der Waals surface area contributed by atoms with E-state index in [1.807, 2.05) is 11.6 Å². The molecule has 0 saturated heterocycles. The van der Waals surface area contributed by atoms with Crippen molar-refractivity contribution in [2.24, 2.45) is 18.4 Å². The molecule has 3 nitrogen and oxygen atoms in total. The van der Waals surface area contributed by atoms with Crippen LogP contribution in [0.5, 0.6) is 0 Å². The van der Waals surface area contributed by atoms with Gasteiger partial charge < -0.3 is 9.88 Å². The summed E-state index contributed by atoms with van der Waals surface area (Å²) in [5.41, 5.74) is 0.662. The number of aromatic nitrogens is 2. The first-order chi connectivity index (χ1) is 7.71. The smallest absolute Gasteiger partial charge is 0.128 e. The van der Waals surface area contributed by atoms with Gasteiger partial charge in [0.25, 0.3) is 0 Å². The molecule has 0 aromatic carbocycles. The molecular weight excluding hydrogens is 222 g/mol. The van der Waals surface area contributed by atoms with Crippen LogP contribution in [0.25, 0.3) is 0 Å². The summed E-state index contributed by atoms with van der Waals surface area (Å²) in [4.78, 5) is 4.28. The highest BCUT2D eigenvalue weighted by Crippen LogP contribution is 2.60. The van der Waals surface area contributed by atoms with Gasteiger partial charge in [-0.15, -0.1) is 0 Å². The maximum Gasteiger partial charge on any atom is 0.128 e. The predicted molar refractivity (Wildman–Crippen MR) is 64.3 cm³/mol. The normalized spacial score (nSPS) is 22.4. The van der Waals surface area contributed by atoms with E-state index in [0.29, 0.717) is 10.6 Å². The summed E-state index contributed by atoms with van der Waals surface area (Å²) >= 11 is 5.94. The van der Waals surface area contributed by atoms with Crippen LogP contribution in [0.15, 0.2) is 6.20 Å². The summed E-state index contributed by atoms with van der Waals surface area (Å²) in [7, 11) is 1.96. The molecular formula is C12H18ClN3. The maximum atomic E-state index is 5.94. The fraction of sp³-hybridized carbons (Fsp3) is 0.750. The molecule has 0 radical (unpaired) electrons. The van der Waals surface area contributed by atoms with Gasteiger partial charge in [-0.3, -0.25) is 0 Å².